The van der Waals surface area contributed by atoms with E-state index in [2.05, 4.69) is 37.5 Å². The summed E-state index contributed by atoms with van der Waals surface area (Å²) in [4.78, 5) is 18.4. The van der Waals surface area contributed by atoms with Gasteiger partial charge in [-0.1, -0.05) is 18.1 Å². The number of nitrogens with zero attached hydrogens (tertiary/aromatic N) is 3. The van der Waals surface area contributed by atoms with Gasteiger partial charge in [0.05, 0.1) is 11.7 Å². The largest absolute Gasteiger partial charge is 0.330 e. The minimum absolute atomic E-state index is 0.119. The van der Waals surface area contributed by atoms with Crippen molar-refractivity contribution in [2.75, 3.05) is 19.6 Å². The highest BCUT2D eigenvalue weighted by atomic mass is 32.1. The summed E-state index contributed by atoms with van der Waals surface area (Å²) in [6, 6.07) is 5.01. The first-order valence-corrected chi connectivity index (χ1v) is 12.1. The maximum atomic E-state index is 13.5. The van der Waals surface area contributed by atoms with Gasteiger partial charge in [-0.2, -0.15) is 16.4 Å². The number of likely N-dealkylation sites (tertiary alicyclic amines) is 1. The van der Waals surface area contributed by atoms with Gasteiger partial charge in [-0.3, -0.25) is 14.8 Å². The molecule has 4 atom stereocenters. The van der Waals surface area contributed by atoms with Crippen LogP contribution in [0.2, 0.25) is 0 Å². The molecule has 5 heterocycles. The number of fused-ring (bicyclic) bond motifs is 6. The third-order valence-electron chi connectivity index (χ3n) is 7.54. The third-order valence-corrected chi connectivity index (χ3v) is 8.23. The first-order chi connectivity index (χ1) is 14.3. The molecular weight excluding hydrogens is 380 g/mol. The molecule has 3 aliphatic heterocycles. The van der Waals surface area contributed by atoms with E-state index >= 15 is 0 Å². The van der Waals surface area contributed by atoms with Crippen LogP contribution in [-0.2, 0) is 0 Å². The minimum atomic E-state index is 0.119. The number of aromatic nitrogens is 2. The van der Waals surface area contributed by atoms with Crippen molar-refractivity contribution in [3.8, 4) is 11.3 Å². The van der Waals surface area contributed by atoms with Gasteiger partial charge in [0, 0.05) is 30.1 Å². The maximum Gasteiger partial charge on any atom is 0.272 e. The summed E-state index contributed by atoms with van der Waals surface area (Å²) in [5.74, 6) is 1.40. The molecule has 2 bridgehead atoms. The van der Waals surface area contributed by atoms with Crippen LogP contribution in [-0.4, -0.2) is 57.6 Å². The lowest BCUT2D eigenvalue weighted by atomic mass is 9.68. The second kappa shape index (κ2) is 7.10. The first kappa shape index (κ1) is 17.9. The Labute approximate surface area is 175 Å². The molecule has 4 aliphatic rings. The Hall–Kier alpha value is -1.92. The van der Waals surface area contributed by atoms with Crippen LogP contribution in [0.4, 0.5) is 0 Å². The lowest BCUT2D eigenvalue weighted by Gasteiger charge is -2.54. The number of amides is 1. The van der Waals surface area contributed by atoms with Crippen molar-refractivity contribution in [3.63, 3.8) is 0 Å². The lowest BCUT2D eigenvalue weighted by Crippen LogP contribution is -2.60. The molecule has 0 radical (unpaired) electrons. The Morgan fingerprint density at radius 3 is 3.10 bits per heavy atom. The number of hydrogen-bond acceptors (Lipinski definition) is 4. The summed E-state index contributed by atoms with van der Waals surface area (Å²) < 4.78 is 0. The highest BCUT2D eigenvalue weighted by Gasteiger charge is 2.47. The quantitative estimate of drug-likeness (QED) is 0.759. The Balaban J connectivity index is 1.29. The SMILES string of the molecule is O=C(c1cc(-c2ccsc2)n[nH]1)N1CCCC2=C[C@H]3C[C@H](CN4CCCC[C@H]34)[C@H]21. The second-order valence-corrected chi connectivity index (χ2v) is 9.97. The lowest BCUT2D eigenvalue weighted by molar-refractivity contribution is 0.00131. The van der Waals surface area contributed by atoms with E-state index in [9.17, 15) is 4.79 Å². The Kier molecular flexibility index (Phi) is 4.38. The van der Waals surface area contributed by atoms with Crippen molar-refractivity contribution in [2.24, 2.45) is 11.8 Å². The van der Waals surface area contributed by atoms with Crippen molar-refractivity contribution in [3.05, 3.63) is 40.2 Å². The Morgan fingerprint density at radius 2 is 2.21 bits per heavy atom. The van der Waals surface area contributed by atoms with E-state index in [1.807, 2.05) is 11.4 Å². The van der Waals surface area contributed by atoms with Crippen LogP contribution in [0.25, 0.3) is 11.3 Å². The number of rotatable bonds is 2. The molecule has 152 valence electrons. The van der Waals surface area contributed by atoms with Gasteiger partial charge in [-0.25, -0.2) is 0 Å². The maximum absolute atomic E-state index is 13.5. The number of hydrogen-bond donors (Lipinski definition) is 1. The molecule has 6 heteroatoms. The van der Waals surface area contributed by atoms with Crippen molar-refractivity contribution in [1.29, 1.82) is 0 Å². The number of nitrogens with one attached hydrogen (secondary N) is 1. The molecular formula is C23H28N4OS. The van der Waals surface area contributed by atoms with Crippen molar-refractivity contribution in [1.82, 2.24) is 20.0 Å². The summed E-state index contributed by atoms with van der Waals surface area (Å²) in [5, 5.41) is 11.5. The smallest absolute Gasteiger partial charge is 0.272 e. The molecule has 1 aliphatic carbocycles. The molecule has 0 spiro atoms. The molecule has 1 N–H and O–H groups in total. The number of thiophene rings is 1. The summed E-state index contributed by atoms with van der Waals surface area (Å²) in [5.41, 5.74) is 4.10. The minimum Gasteiger partial charge on any atom is -0.330 e. The number of carbonyl (C=O) groups excluding carboxylic acids is 1. The van der Waals surface area contributed by atoms with Gasteiger partial charge in [-0.15, -0.1) is 0 Å². The first-order valence-electron chi connectivity index (χ1n) is 11.1. The zero-order valence-corrected chi connectivity index (χ0v) is 17.5. The van der Waals surface area contributed by atoms with Crippen LogP contribution >= 0.6 is 11.3 Å². The van der Waals surface area contributed by atoms with Crippen LogP contribution in [0.1, 0.15) is 49.0 Å². The molecule has 2 aromatic heterocycles. The number of carbonyl (C=O) groups is 1. The van der Waals surface area contributed by atoms with Crippen molar-refractivity contribution >= 4 is 17.2 Å². The van der Waals surface area contributed by atoms with Crippen LogP contribution in [0.5, 0.6) is 0 Å². The van der Waals surface area contributed by atoms with Crippen molar-refractivity contribution in [2.45, 2.75) is 50.6 Å². The fraction of sp³-hybridized carbons (Fsp3) is 0.565. The molecule has 3 saturated heterocycles. The topological polar surface area (TPSA) is 52.2 Å². The van der Waals surface area contributed by atoms with Crippen LogP contribution in [0, 0.1) is 11.8 Å². The number of H-pyrrole nitrogens is 1. The highest BCUT2D eigenvalue weighted by Crippen LogP contribution is 2.45. The Morgan fingerprint density at radius 1 is 1.24 bits per heavy atom. The van der Waals surface area contributed by atoms with E-state index < -0.39 is 0 Å². The summed E-state index contributed by atoms with van der Waals surface area (Å²) in [6.45, 7) is 3.26. The molecule has 0 saturated carbocycles. The fourth-order valence-corrected chi connectivity index (χ4v) is 6.99. The molecule has 0 aromatic carbocycles. The number of piperidine rings is 3. The average Bonchev–Trinajstić information content (AvgIpc) is 3.45. The van der Waals surface area contributed by atoms with E-state index in [0.29, 0.717) is 17.5 Å². The standard InChI is InChI=1S/C23H28N4OS/c28-23(20-12-19(24-25-20)16-6-9-29-14-16)27-8-3-4-15-10-17-11-18(22(15)27)13-26-7-2-1-5-21(17)26/h6,9-10,12,14,17-18,21-22H,1-5,7-8,11,13H2,(H,24,25)/t17-,18+,21+,22-/m0/s1. The van der Waals surface area contributed by atoms with E-state index in [1.165, 1.54) is 37.8 Å². The molecule has 6 rings (SSSR count). The summed E-state index contributed by atoms with van der Waals surface area (Å²) in [7, 11) is 0. The van der Waals surface area contributed by atoms with Crippen LogP contribution in [0.3, 0.4) is 0 Å². The molecule has 5 nitrogen and oxygen atoms in total. The van der Waals surface area contributed by atoms with Crippen LogP contribution < -0.4 is 0 Å². The van der Waals surface area contributed by atoms with E-state index in [-0.39, 0.29) is 11.9 Å². The van der Waals surface area contributed by atoms with Gasteiger partial charge < -0.3 is 4.90 Å². The molecule has 3 fully saturated rings. The normalized spacial score (nSPS) is 31.7. The zero-order valence-electron chi connectivity index (χ0n) is 16.7. The molecule has 2 aromatic rings. The number of aromatic amines is 1. The molecule has 1 amide bonds. The zero-order chi connectivity index (χ0) is 19.4. The molecule has 0 unspecified atom stereocenters. The van der Waals surface area contributed by atoms with E-state index in [4.69, 9.17) is 0 Å². The highest BCUT2D eigenvalue weighted by molar-refractivity contribution is 7.08. The third kappa shape index (κ3) is 2.99. The monoisotopic (exact) mass is 408 g/mol. The van der Waals surface area contributed by atoms with Crippen LogP contribution in [0.15, 0.2) is 34.5 Å². The predicted octanol–water partition coefficient (Wildman–Crippen LogP) is 4.17. The molecule has 29 heavy (non-hydrogen) atoms. The van der Waals surface area contributed by atoms with Crippen molar-refractivity contribution < 1.29 is 4.79 Å². The predicted molar refractivity (Wildman–Crippen MR) is 115 cm³/mol. The van der Waals surface area contributed by atoms with Gasteiger partial charge >= 0.3 is 0 Å². The van der Waals surface area contributed by atoms with E-state index in [1.54, 1.807) is 11.3 Å². The van der Waals surface area contributed by atoms with Gasteiger partial charge in [-0.05, 0) is 68.0 Å². The van der Waals surface area contributed by atoms with E-state index in [0.717, 1.165) is 43.2 Å². The van der Waals surface area contributed by atoms with Gasteiger partial charge in [0.2, 0.25) is 0 Å². The van der Waals surface area contributed by atoms with Gasteiger partial charge in [0.25, 0.3) is 5.91 Å². The average molecular weight is 409 g/mol. The summed E-state index contributed by atoms with van der Waals surface area (Å²) >= 11 is 1.65. The summed E-state index contributed by atoms with van der Waals surface area (Å²) in [6.07, 6.45) is 10.1. The van der Waals surface area contributed by atoms with Gasteiger partial charge in [0.15, 0.2) is 0 Å². The van der Waals surface area contributed by atoms with Gasteiger partial charge in [0.1, 0.15) is 5.69 Å². The second-order valence-electron chi connectivity index (χ2n) is 9.19. The Bertz CT molecular complexity index is 933. The fourth-order valence-electron chi connectivity index (χ4n) is 6.35.